The molecule has 0 bridgehead atoms. The zero-order chi connectivity index (χ0) is 13.1. The fraction of sp³-hybridized carbons (Fsp3) is 0.0833. The van der Waals surface area contributed by atoms with Crippen molar-refractivity contribution in [3.63, 3.8) is 0 Å². The fourth-order valence-corrected chi connectivity index (χ4v) is 2.26. The van der Waals surface area contributed by atoms with Gasteiger partial charge in [0, 0.05) is 22.8 Å². The van der Waals surface area contributed by atoms with Crippen molar-refractivity contribution in [2.24, 2.45) is 0 Å². The maximum absolute atomic E-state index is 13.5. The van der Waals surface area contributed by atoms with E-state index in [4.69, 9.17) is 23.2 Å². The van der Waals surface area contributed by atoms with Crippen LogP contribution in [-0.2, 0) is 6.54 Å². The van der Waals surface area contributed by atoms with Gasteiger partial charge in [-0.25, -0.2) is 9.37 Å². The van der Waals surface area contributed by atoms with Gasteiger partial charge in [0.25, 0.3) is 0 Å². The molecule has 0 unspecified atom stereocenters. The second-order valence-electron chi connectivity index (χ2n) is 3.57. The molecule has 0 aliphatic rings. The molecule has 0 aliphatic carbocycles. The number of hydrogen-bond donors (Lipinski definition) is 1. The number of nitrogens with zero attached hydrogens (tertiary/aromatic N) is 1. The molecule has 0 fully saturated rings. The second-order valence-corrected chi connectivity index (χ2v) is 5.33. The number of nitrogens with one attached hydrogen (secondary N) is 1. The van der Waals surface area contributed by atoms with E-state index in [9.17, 15) is 4.39 Å². The number of hydrogen-bond acceptors (Lipinski definition) is 2. The summed E-state index contributed by atoms with van der Waals surface area (Å²) in [5.41, 5.74) is 0.525. The predicted octanol–water partition coefficient (Wildman–Crippen LogP) is 4.90. The summed E-state index contributed by atoms with van der Waals surface area (Å²) in [5, 5.41) is 3.82. The van der Waals surface area contributed by atoms with Crippen LogP contribution in [0.5, 0.6) is 0 Å². The van der Waals surface area contributed by atoms with Gasteiger partial charge in [0.1, 0.15) is 11.6 Å². The van der Waals surface area contributed by atoms with Crippen LogP contribution >= 0.6 is 39.1 Å². The molecule has 18 heavy (non-hydrogen) atoms. The zero-order valence-electron chi connectivity index (χ0n) is 9.05. The topological polar surface area (TPSA) is 24.9 Å². The van der Waals surface area contributed by atoms with Gasteiger partial charge in [0.2, 0.25) is 0 Å². The number of anilines is 1. The minimum absolute atomic E-state index is 0.282. The van der Waals surface area contributed by atoms with Crippen LogP contribution in [0.1, 0.15) is 5.56 Å². The van der Waals surface area contributed by atoms with Gasteiger partial charge < -0.3 is 5.32 Å². The molecule has 2 rings (SSSR count). The van der Waals surface area contributed by atoms with Crippen molar-refractivity contribution in [3.8, 4) is 0 Å². The highest BCUT2D eigenvalue weighted by Gasteiger charge is 2.06. The van der Waals surface area contributed by atoms with Crippen molar-refractivity contribution in [3.05, 3.63) is 56.4 Å². The lowest BCUT2D eigenvalue weighted by molar-refractivity contribution is 0.612. The SMILES string of the molecule is Fc1ccc(Br)cc1CNc1ncc(Cl)cc1Cl. The van der Waals surface area contributed by atoms with Crippen LogP contribution in [0.2, 0.25) is 10.0 Å². The number of halogens is 4. The van der Waals surface area contributed by atoms with E-state index in [-0.39, 0.29) is 5.82 Å². The van der Waals surface area contributed by atoms with E-state index in [0.717, 1.165) is 4.47 Å². The van der Waals surface area contributed by atoms with Gasteiger partial charge in [-0.15, -0.1) is 0 Å². The average molecular weight is 350 g/mol. The molecule has 1 aromatic carbocycles. The standard InChI is InChI=1S/C12H8BrCl2FN2/c13-8-1-2-11(16)7(3-8)5-17-12-10(15)4-9(14)6-18-12/h1-4,6H,5H2,(H,17,18). The van der Waals surface area contributed by atoms with Crippen LogP contribution in [0, 0.1) is 5.82 Å². The molecule has 6 heteroatoms. The van der Waals surface area contributed by atoms with Crippen LogP contribution in [-0.4, -0.2) is 4.98 Å². The minimum atomic E-state index is -0.282. The second kappa shape index (κ2) is 5.87. The van der Waals surface area contributed by atoms with E-state index >= 15 is 0 Å². The molecule has 0 atom stereocenters. The van der Waals surface area contributed by atoms with Crippen LogP contribution in [0.3, 0.4) is 0 Å². The van der Waals surface area contributed by atoms with Crippen molar-refractivity contribution in [2.45, 2.75) is 6.54 Å². The van der Waals surface area contributed by atoms with Gasteiger partial charge in [-0.2, -0.15) is 0 Å². The molecular weight excluding hydrogens is 342 g/mol. The Bertz CT molecular complexity index is 578. The third kappa shape index (κ3) is 3.34. The van der Waals surface area contributed by atoms with Crippen LogP contribution in [0.15, 0.2) is 34.9 Å². The molecule has 1 heterocycles. The molecule has 1 aromatic heterocycles. The van der Waals surface area contributed by atoms with Crippen molar-refractivity contribution in [2.75, 3.05) is 5.32 Å². The minimum Gasteiger partial charge on any atom is -0.365 e. The van der Waals surface area contributed by atoms with Crippen molar-refractivity contribution >= 4 is 44.9 Å². The van der Waals surface area contributed by atoms with Gasteiger partial charge in [0.15, 0.2) is 0 Å². The predicted molar refractivity (Wildman–Crippen MR) is 75.7 cm³/mol. The number of aromatic nitrogens is 1. The molecule has 1 N–H and O–H groups in total. The van der Waals surface area contributed by atoms with Crippen molar-refractivity contribution in [1.29, 1.82) is 0 Å². The molecule has 0 amide bonds. The molecular formula is C12H8BrCl2FN2. The van der Waals surface area contributed by atoms with Gasteiger partial charge >= 0.3 is 0 Å². The monoisotopic (exact) mass is 348 g/mol. The summed E-state index contributed by atoms with van der Waals surface area (Å²) >= 11 is 15.0. The quantitative estimate of drug-likeness (QED) is 0.852. The van der Waals surface area contributed by atoms with Gasteiger partial charge in [-0.3, -0.25) is 0 Å². The first kappa shape index (κ1) is 13.6. The highest BCUT2D eigenvalue weighted by molar-refractivity contribution is 9.10. The Labute approximate surface area is 122 Å². The first-order valence-corrected chi connectivity index (χ1v) is 6.60. The van der Waals surface area contributed by atoms with E-state index in [1.165, 1.54) is 12.3 Å². The maximum Gasteiger partial charge on any atom is 0.145 e. The largest absolute Gasteiger partial charge is 0.365 e. The molecule has 0 radical (unpaired) electrons. The molecule has 0 spiro atoms. The summed E-state index contributed by atoms with van der Waals surface area (Å²) in [5.74, 6) is 0.191. The Morgan fingerprint density at radius 3 is 2.78 bits per heavy atom. The summed E-state index contributed by atoms with van der Waals surface area (Å²) < 4.78 is 14.3. The Balaban J connectivity index is 2.13. The van der Waals surface area contributed by atoms with Gasteiger partial charge in [-0.05, 0) is 24.3 Å². The third-order valence-electron chi connectivity index (χ3n) is 2.26. The zero-order valence-corrected chi connectivity index (χ0v) is 12.2. The van der Waals surface area contributed by atoms with E-state index in [1.54, 1.807) is 18.2 Å². The first-order chi connectivity index (χ1) is 8.56. The van der Waals surface area contributed by atoms with E-state index in [0.29, 0.717) is 28.0 Å². The highest BCUT2D eigenvalue weighted by Crippen LogP contribution is 2.23. The summed E-state index contributed by atoms with van der Waals surface area (Å²) in [7, 11) is 0. The van der Waals surface area contributed by atoms with Crippen molar-refractivity contribution < 1.29 is 4.39 Å². The van der Waals surface area contributed by atoms with E-state index in [1.807, 2.05) is 0 Å². The Morgan fingerprint density at radius 1 is 1.28 bits per heavy atom. The van der Waals surface area contributed by atoms with Crippen LogP contribution in [0.25, 0.3) is 0 Å². The Hall–Kier alpha value is -0.840. The van der Waals surface area contributed by atoms with E-state index < -0.39 is 0 Å². The lowest BCUT2D eigenvalue weighted by Crippen LogP contribution is -2.03. The normalized spacial score (nSPS) is 10.4. The van der Waals surface area contributed by atoms with Crippen molar-refractivity contribution in [1.82, 2.24) is 4.98 Å². The smallest absolute Gasteiger partial charge is 0.145 e. The molecule has 0 saturated heterocycles. The summed E-state index contributed by atoms with van der Waals surface area (Å²) in [6.07, 6.45) is 1.48. The lowest BCUT2D eigenvalue weighted by Gasteiger charge is -2.08. The number of benzene rings is 1. The summed E-state index contributed by atoms with van der Waals surface area (Å²) in [6.45, 7) is 0.291. The highest BCUT2D eigenvalue weighted by atomic mass is 79.9. The molecule has 94 valence electrons. The fourth-order valence-electron chi connectivity index (χ4n) is 1.40. The van der Waals surface area contributed by atoms with Crippen LogP contribution < -0.4 is 5.32 Å². The van der Waals surface area contributed by atoms with E-state index in [2.05, 4.69) is 26.2 Å². The third-order valence-corrected chi connectivity index (χ3v) is 3.25. The summed E-state index contributed by atoms with van der Waals surface area (Å²) in [6, 6.07) is 6.33. The number of rotatable bonds is 3. The lowest BCUT2D eigenvalue weighted by atomic mass is 10.2. The number of pyridine rings is 1. The Kier molecular flexibility index (Phi) is 4.43. The molecule has 2 nitrogen and oxygen atoms in total. The maximum atomic E-state index is 13.5. The molecule has 2 aromatic rings. The van der Waals surface area contributed by atoms with Crippen LogP contribution in [0.4, 0.5) is 10.2 Å². The van der Waals surface area contributed by atoms with Gasteiger partial charge in [0.05, 0.1) is 10.0 Å². The average Bonchev–Trinajstić information content (AvgIpc) is 2.32. The molecule has 0 aliphatic heterocycles. The summed E-state index contributed by atoms with van der Waals surface area (Å²) in [4.78, 5) is 4.04. The molecule has 0 saturated carbocycles. The first-order valence-electron chi connectivity index (χ1n) is 5.05. The Morgan fingerprint density at radius 2 is 2.06 bits per heavy atom. The van der Waals surface area contributed by atoms with Gasteiger partial charge in [-0.1, -0.05) is 39.1 Å².